The normalized spacial score (nSPS) is 12.0. The molecule has 3 rings (SSSR count). The van der Waals surface area contributed by atoms with E-state index in [9.17, 15) is 18.0 Å². The SMILES string of the molecule is CNC(=O)[C@H](Cc1ccccc1)N(Cc1ccc(Cl)cc1)C(=O)CN(c1cc(C)cc(C)c1)S(C)(=O)=O. The fraction of sp³-hybridized carbons (Fsp3) is 0.286. The van der Waals surface area contributed by atoms with Crippen LogP contribution in [0.3, 0.4) is 0 Å². The molecule has 0 saturated carbocycles. The number of hydrogen-bond acceptors (Lipinski definition) is 4. The summed E-state index contributed by atoms with van der Waals surface area (Å²) in [5.74, 6) is -0.840. The zero-order valence-electron chi connectivity index (χ0n) is 21.4. The van der Waals surface area contributed by atoms with Crippen LogP contribution in [0.4, 0.5) is 5.69 Å². The first-order valence-corrected chi connectivity index (χ1v) is 14.1. The molecule has 0 aromatic heterocycles. The summed E-state index contributed by atoms with van der Waals surface area (Å²) in [5.41, 5.74) is 3.79. The highest BCUT2D eigenvalue weighted by Crippen LogP contribution is 2.23. The van der Waals surface area contributed by atoms with Crippen LogP contribution in [0.15, 0.2) is 72.8 Å². The van der Waals surface area contributed by atoms with Gasteiger partial charge in [0.25, 0.3) is 0 Å². The molecule has 9 heteroatoms. The minimum Gasteiger partial charge on any atom is -0.357 e. The minimum absolute atomic E-state index is 0.103. The maximum absolute atomic E-state index is 13.9. The van der Waals surface area contributed by atoms with Crippen molar-refractivity contribution in [2.75, 3.05) is 24.2 Å². The summed E-state index contributed by atoms with van der Waals surface area (Å²) in [7, 11) is -2.28. The Morgan fingerprint density at radius 2 is 1.51 bits per heavy atom. The van der Waals surface area contributed by atoms with Gasteiger partial charge in [-0.3, -0.25) is 13.9 Å². The van der Waals surface area contributed by atoms with E-state index >= 15 is 0 Å². The number of rotatable bonds is 10. The number of anilines is 1. The molecule has 196 valence electrons. The van der Waals surface area contributed by atoms with Gasteiger partial charge in [-0.15, -0.1) is 0 Å². The molecular formula is C28H32ClN3O4S. The number of likely N-dealkylation sites (N-methyl/N-ethyl adjacent to an activating group) is 1. The standard InChI is InChI=1S/C28H32ClN3O4S/c1-20-14-21(2)16-25(15-20)32(37(4,35)36)19-27(33)31(18-23-10-12-24(29)13-11-23)26(28(34)30-3)17-22-8-6-5-7-9-22/h5-16,26H,17-19H2,1-4H3,(H,30,34)/t26-/m0/s1. The number of carbonyl (C=O) groups excluding carboxylic acids is 2. The Hall–Kier alpha value is -3.36. The van der Waals surface area contributed by atoms with Crippen LogP contribution in [0, 0.1) is 13.8 Å². The Labute approximate surface area is 224 Å². The third-order valence-electron chi connectivity index (χ3n) is 5.96. The molecule has 7 nitrogen and oxygen atoms in total. The molecule has 1 atom stereocenters. The molecule has 0 aliphatic rings. The molecule has 0 radical (unpaired) electrons. The van der Waals surface area contributed by atoms with Crippen molar-refractivity contribution in [2.24, 2.45) is 0 Å². The van der Waals surface area contributed by atoms with E-state index in [1.165, 1.54) is 11.9 Å². The van der Waals surface area contributed by atoms with E-state index in [4.69, 9.17) is 11.6 Å². The van der Waals surface area contributed by atoms with Gasteiger partial charge in [0.05, 0.1) is 11.9 Å². The first kappa shape index (κ1) is 28.2. The van der Waals surface area contributed by atoms with Crippen LogP contribution >= 0.6 is 11.6 Å². The van der Waals surface area contributed by atoms with E-state index in [2.05, 4.69) is 5.32 Å². The number of amides is 2. The summed E-state index contributed by atoms with van der Waals surface area (Å²) in [4.78, 5) is 28.4. The maximum atomic E-state index is 13.9. The number of hydrogen-bond donors (Lipinski definition) is 1. The average molecular weight is 542 g/mol. The molecule has 0 bridgehead atoms. The second-order valence-corrected chi connectivity index (χ2v) is 11.4. The fourth-order valence-corrected chi connectivity index (χ4v) is 5.17. The average Bonchev–Trinajstić information content (AvgIpc) is 2.84. The van der Waals surface area contributed by atoms with Gasteiger partial charge in [0.1, 0.15) is 12.6 Å². The van der Waals surface area contributed by atoms with Crippen molar-refractivity contribution in [1.82, 2.24) is 10.2 Å². The van der Waals surface area contributed by atoms with Crippen molar-refractivity contribution < 1.29 is 18.0 Å². The number of carbonyl (C=O) groups is 2. The van der Waals surface area contributed by atoms with Crippen LogP contribution in [-0.2, 0) is 32.6 Å². The second kappa shape index (κ2) is 12.3. The van der Waals surface area contributed by atoms with Gasteiger partial charge in [0.15, 0.2) is 0 Å². The maximum Gasteiger partial charge on any atom is 0.244 e. The van der Waals surface area contributed by atoms with Crippen LogP contribution in [0.2, 0.25) is 5.02 Å². The molecule has 3 aromatic carbocycles. The van der Waals surface area contributed by atoms with Gasteiger partial charge in [-0.1, -0.05) is 60.1 Å². The van der Waals surface area contributed by atoms with E-state index in [0.717, 1.165) is 32.8 Å². The molecule has 0 saturated heterocycles. The highest BCUT2D eigenvalue weighted by Gasteiger charge is 2.32. The molecule has 0 unspecified atom stereocenters. The number of sulfonamides is 1. The van der Waals surface area contributed by atoms with E-state index in [1.807, 2.05) is 50.2 Å². The van der Waals surface area contributed by atoms with Gasteiger partial charge in [-0.05, 0) is 60.4 Å². The summed E-state index contributed by atoms with van der Waals surface area (Å²) in [6.45, 7) is 3.39. The third-order valence-corrected chi connectivity index (χ3v) is 7.35. The predicted molar refractivity (Wildman–Crippen MR) is 148 cm³/mol. The molecule has 2 amide bonds. The smallest absolute Gasteiger partial charge is 0.244 e. The molecule has 0 aliphatic carbocycles. The van der Waals surface area contributed by atoms with Crippen LogP contribution in [0.1, 0.15) is 22.3 Å². The summed E-state index contributed by atoms with van der Waals surface area (Å²) < 4.78 is 26.7. The van der Waals surface area contributed by atoms with E-state index < -0.39 is 28.5 Å². The Balaban J connectivity index is 2.03. The van der Waals surface area contributed by atoms with Crippen molar-refractivity contribution in [1.29, 1.82) is 0 Å². The molecule has 1 N–H and O–H groups in total. The highest BCUT2D eigenvalue weighted by molar-refractivity contribution is 7.92. The largest absolute Gasteiger partial charge is 0.357 e. The number of nitrogens with zero attached hydrogens (tertiary/aromatic N) is 2. The lowest BCUT2D eigenvalue weighted by Crippen LogP contribution is -2.52. The van der Waals surface area contributed by atoms with E-state index in [0.29, 0.717) is 10.7 Å². The minimum atomic E-state index is -3.80. The van der Waals surface area contributed by atoms with Crippen LogP contribution in [0.25, 0.3) is 0 Å². The van der Waals surface area contributed by atoms with Crippen LogP contribution in [0.5, 0.6) is 0 Å². The van der Waals surface area contributed by atoms with Crippen LogP contribution in [-0.4, -0.2) is 51.0 Å². The Kier molecular flexibility index (Phi) is 9.34. The van der Waals surface area contributed by atoms with Crippen LogP contribution < -0.4 is 9.62 Å². The van der Waals surface area contributed by atoms with Gasteiger partial charge in [-0.25, -0.2) is 8.42 Å². The van der Waals surface area contributed by atoms with Crippen molar-refractivity contribution in [3.8, 4) is 0 Å². The number of benzene rings is 3. The van der Waals surface area contributed by atoms with Crippen molar-refractivity contribution in [3.63, 3.8) is 0 Å². The first-order chi connectivity index (χ1) is 17.5. The van der Waals surface area contributed by atoms with E-state index in [1.54, 1.807) is 36.4 Å². The lowest BCUT2D eigenvalue weighted by atomic mass is 10.0. The quantitative estimate of drug-likeness (QED) is 0.418. The molecular weight excluding hydrogens is 510 g/mol. The van der Waals surface area contributed by atoms with Crippen molar-refractivity contribution in [2.45, 2.75) is 32.9 Å². The molecule has 0 spiro atoms. The number of nitrogens with one attached hydrogen (secondary N) is 1. The number of halogens is 1. The second-order valence-electron chi connectivity index (χ2n) is 9.08. The van der Waals surface area contributed by atoms with Crippen molar-refractivity contribution in [3.05, 3.63) is 100 Å². The summed E-state index contributed by atoms with van der Waals surface area (Å²) in [6, 6.07) is 20.9. The van der Waals surface area contributed by atoms with Gasteiger partial charge >= 0.3 is 0 Å². The molecule has 37 heavy (non-hydrogen) atoms. The Morgan fingerprint density at radius 1 is 0.919 bits per heavy atom. The van der Waals surface area contributed by atoms with Gasteiger partial charge < -0.3 is 10.2 Å². The zero-order valence-corrected chi connectivity index (χ0v) is 23.0. The first-order valence-electron chi connectivity index (χ1n) is 11.8. The summed E-state index contributed by atoms with van der Waals surface area (Å²) >= 11 is 6.05. The lowest BCUT2D eigenvalue weighted by molar-refractivity contribution is -0.139. The predicted octanol–water partition coefficient (Wildman–Crippen LogP) is 4.11. The highest BCUT2D eigenvalue weighted by atomic mass is 35.5. The van der Waals surface area contributed by atoms with E-state index in [-0.39, 0.29) is 18.9 Å². The molecule has 0 aliphatic heterocycles. The molecule has 0 heterocycles. The molecule has 3 aromatic rings. The Morgan fingerprint density at radius 3 is 2.05 bits per heavy atom. The summed E-state index contributed by atoms with van der Waals surface area (Å²) in [5, 5.41) is 3.21. The third kappa shape index (κ3) is 7.81. The number of aryl methyl sites for hydroxylation is 2. The topological polar surface area (TPSA) is 86.8 Å². The lowest BCUT2D eigenvalue weighted by Gasteiger charge is -2.33. The Bertz CT molecular complexity index is 1330. The monoisotopic (exact) mass is 541 g/mol. The van der Waals surface area contributed by atoms with Gasteiger partial charge in [-0.2, -0.15) is 0 Å². The molecule has 0 fully saturated rings. The zero-order chi connectivity index (χ0) is 27.2. The van der Waals surface area contributed by atoms with Gasteiger partial charge in [0.2, 0.25) is 21.8 Å². The summed E-state index contributed by atoms with van der Waals surface area (Å²) in [6.07, 6.45) is 1.34. The van der Waals surface area contributed by atoms with Gasteiger partial charge in [0, 0.05) is 25.0 Å². The van der Waals surface area contributed by atoms with Crippen molar-refractivity contribution >= 4 is 39.1 Å². The fourth-order valence-electron chi connectivity index (χ4n) is 4.22.